The number of anilines is 1. The number of rotatable bonds is 8. The standard InChI is InChI=1S/C19H27N3O3/c1-4-5-9-22(10-6-11-23)19(24)21-16-8-7-14(2)17(12-16)18-20-15(3)13-25-18/h7-8,12-13,23H,4-6,9-11H2,1-3H3,(H,21,24). The Labute approximate surface area is 148 Å². The van der Waals surface area contributed by atoms with Crippen LogP contribution in [0.15, 0.2) is 28.9 Å². The second-order valence-corrected chi connectivity index (χ2v) is 6.17. The summed E-state index contributed by atoms with van der Waals surface area (Å²) in [5, 5.41) is 12.0. The Balaban J connectivity index is 2.13. The Hall–Kier alpha value is -2.34. The molecule has 0 atom stereocenters. The van der Waals surface area contributed by atoms with E-state index in [4.69, 9.17) is 9.52 Å². The number of nitrogens with zero attached hydrogens (tertiary/aromatic N) is 2. The maximum atomic E-state index is 12.6. The van der Waals surface area contributed by atoms with Crippen LogP contribution in [0.4, 0.5) is 10.5 Å². The Bertz CT molecular complexity index is 689. The zero-order valence-electron chi connectivity index (χ0n) is 15.2. The Morgan fingerprint density at radius 2 is 2.04 bits per heavy atom. The minimum Gasteiger partial charge on any atom is -0.444 e. The fourth-order valence-electron chi connectivity index (χ4n) is 2.54. The van der Waals surface area contributed by atoms with Crippen molar-refractivity contribution in [1.29, 1.82) is 0 Å². The van der Waals surface area contributed by atoms with Crippen molar-refractivity contribution in [1.82, 2.24) is 9.88 Å². The Kier molecular flexibility index (Phi) is 7.01. The van der Waals surface area contributed by atoms with Gasteiger partial charge in [-0.1, -0.05) is 19.4 Å². The number of unbranched alkanes of at least 4 members (excludes halogenated alkanes) is 1. The summed E-state index contributed by atoms with van der Waals surface area (Å²) in [5.74, 6) is 0.550. The highest BCUT2D eigenvalue weighted by atomic mass is 16.3. The molecule has 136 valence electrons. The fraction of sp³-hybridized carbons (Fsp3) is 0.474. The summed E-state index contributed by atoms with van der Waals surface area (Å²) in [6, 6.07) is 5.54. The highest BCUT2D eigenvalue weighted by Crippen LogP contribution is 2.26. The Morgan fingerprint density at radius 3 is 2.68 bits per heavy atom. The highest BCUT2D eigenvalue weighted by Gasteiger charge is 2.14. The number of hydrogen-bond donors (Lipinski definition) is 2. The molecular formula is C19H27N3O3. The normalized spacial score (nSPS) is 10.7. The van der Waals surface area contributed by atoms with Gasteiger partial charge in [-0.15, -0.1) is 0 Å². The number of oxazole rings is 1. The molecule has 2 N–H and O–H groups in total. The minimum atomic E-state index is -0.153. The number of aliphatic hydroxyl groups is 1. The monoisotopic (exact) mass is 345 g/mol. The molecule has 1 aromatic heterocycles. The van der Waals surface area contributed by atoms with Gasteiger partial charge >= 0.3 is 6.03 Å². The van der Waals surface area contributed by atoms with Crippen molar-refractivity contribution in [2.24, 2.45) is 0 Å². The summed E-state index contributed by atoms with van der Waals surface area (Å²) >= 11 is 0. The topological polar surface area (TPSA) is 78.6 Å². The maximum absolute atomic E-state index is 12.6. The number of benzene rings is 1. The number of nitrogens with one attached hydrogen (secondary N) is 1. The molecule has 0 unspecified atom stereocenters. The number of carbonyl (C=O) groups is 1. The lowest BCUT2D eigenvalue weighted by molar-refractivity contribution is 0.201. The van der Waals surface area contributed by atoms with E-state index < -0.39 is 0 Å². The predicted molar refractivity (Wildman–Crippen MR) is 98.6 cm³/mol. The molecule has 0 aliphatic carbocycles. The molecule has 0 saturated carbocycles. The molecule has 0 radical (unpaired) electrons. The van der Waals surface area contributed by atoms with Gasteiger partial charge < -0.3 is 19.7 Å². The molecule has 0 spiro atoms. The molecule has 2 rings (SSSR count). The van der Waals surface area contributed by atoms with Crippen molar-refractivity contribution in [3.63, 3.8) is 0 Å². The lowest BCUT2D eigenvalue weighted by Crippen LogP contribution is -2.36. The molecule has 0 fully saturated rings. The second kappa shape index (κ2) is 9.22. The number of aromatic nitrogens is 1. The van der Waals surface area contributed by atoms with Crippen LogP contribution in [0.25, 0.3) is 11.5 Å². The molecule has 1 aromatic carbocycles. The molecule has 0 bridgehead atoms. The number of carbonyl (C=O) groups excluding carboxylic acids is 1. The molecule has 2 aromatic rings. The molecule has 0 saturated heterocycles. The van der Waals surface area contributed by atoms with E-state index in [-0.39, 0.29) is 12.6 Å². The van der Waals surface area contributed by atoms with Gasteiger partial charge in [0.2, 0.25) is 5.89 Å². The first-order chi connectivity index (χ1) is 12.0. The lowest BCUT2D eigenvalue weighted by atomic mass is 10.1. The first-order valence-corrected chi connectivity index (χ1v) is 8.75. The number of amides is 2. The minimum absolute atomic E-state index is 0.0775. The zero-order valence-corrected chi connectivity index (χ0v) is 15.2. The van der Waals surface area contributed by atoms with Crippen LogP contribution in [0, 0.1) is 13.8 Å². The van der Waals surface area contributed by atoms with Gasteiger partial charge in [-0.05, 0) is 44.4 Å². The summed E-state index contributed by atoms with van der Waals surface area (Å²) in [4.78, 5) is 18.7. The van der Waals surface area contributed by atoms with E-state index in [0.29, 0.717) is 31.1 Å². The van der Waals surface area contributed by atoms with Crippen molar-refractivity contribution in [2.75, 3.05) is 25.0 Å². The molecule has 1 heterocycles. The van der Waals surface area contributed by atoms with Gasteiger partial charge in [-0.2, -0.15) is 0 Å². The van der Waals surface area contributed by atoms with Crippen molar-refractivity contribution >= 4 is 11.7 Å². The zero-order chi connectivity index (χ0) is 18.2. The summed E-state index contributed by atoms with van der Waals surface area (Å²) in [7, 11) is 0. The van der Waals surface area contributed by atoms with Gasteiger partial charge in [0.1, 0.15) is 6.26 Å². The summed E-state index contributed by atoms with van der Waals surface area (Å²) in [6.45, 7) is 7.25. The SMILES string of the molecule is CCCCN(CCCO)C(=O)Nc1ccc(C)c(-c2nc(C)co2)c1. The molecule has 0 aliphatic heterocycles. The van der Waals surface area contributed by atoms with Gasteiger partial charge in [0.25, 0.3) is 0 Å². The first kappa shape index (κ1) is 19.0. The number of aliphatic hydroxyl groups excluding tert-OH is 1. The van der Waals surface area contributed by atoms with Crippen LogP contribution in [0.3, 0.4) is 0 Å². The molecule has 0 aliphatic rings. The molecule has 2 amide bonds. The van der Waals surface area contributed by atoms with Crippen LogP contribution in [0.2, 0.25) is 0 Å². The van der Waals surface area contributed by atoms with E-state index in [2.05, 4.69) is 17.2 Å². The first-order valence-electron chi connectivity index (χ1n) is 8.75. The predicted octanol–water partition coefficient (Wildman–Crippen LogP) is 3.97. The van der Waals surface area contributed by atoms with E-state index in [0.717, 1.165) is 29.7 Å². The van der Waals surface area contributed by atoms with Gasteiger partial charge in [0.05, 0.1) is 5.69 Å². The quantitative estimate of drug-likeness (QED) is 0.758. The van der Waals surface area contributed by atoms with Crippen molar-refractivity contribution in [2.45, 2.75) is 40.0 Å². The van der Waals surface area contributed by atoms with Crippen LogP contribution in [0.5, 0.6) is 0 Å². The highest BCUT2D eigenvalue weighted by molar-refractivity contribution is 5.90. The average molecular weight is 345 g/mol. The smallest absolute Gasteiger partial charge is 0.321 e. The third kappa shape index (κ3) is 5.32. The third-order valence-electron chi connectivity index (χ3n) is 3.99. The lowest BCUT2D eigenvalue weighted by Gasteiger charge is -2.23. The molecule has 6 heteroatoms. The van der Waals surface area contributed by atoms with E-state index in [1.54, 1.807) is 11.2 Å². The largest absolute Gasteiger partial charge is 0.444 e. The fourth-order valence-corrected chi connectivity index (χ4v) is 2.54. The second-order valence-electron chi connectivity index (χ2n) is 6.17. The summed E-state index contributed by atoms with van der Waals surface area (Å²) in [5.41, 5.74) is 3.41. The van der Waals surface area contributed by atoms with Crippen LogP contribution in [-0.4, -0.2) is 40.7 Å². The molecule has 6 nitrogen and oxygen atoms in total. The van der Waals surface area contributed by atoms with Gasteiger partial charge in [-0.3, -0.25) is 0 Å². The van der Waals surface area contributed by atoms with Gasteiger partial charge in [0.15, 0.2) is 0 Å². The maximum Gasteiger partial charge on any atom is 0.321 e. The van der Waals surface area contributed by atoms with Crippen LogP contribution in [-0.2, 0) is 0 Å². The van der Waals surface area contributed by atoms with Crippen molar-refractivity contribution in [3.8, 4) is 11.5 Å². The summed E-state index contributed by atoms with van der Waals surface area (Å²) in [6.07, 6.45) is 4.14. The molecule has 25 heavy (non-hydrogen) atoms. The van der Waals surface area contributed by atoms with Crippen LogP contribution in [0.1, 0.15) is 37.4 Å². The van der Waals surface area contributed by atoms with Crippen LogP contribution >= 0.6 is 0 Å². The van der Waals surface area contributed by atoms with Crippen molar-refractivity contribution < 1.29 is 14.3 Å². The average Bonchev–Trinajstić information content (AvgIpc) is 3.03. The summed E-state index contributed by atoms with van der Waals surface area (Å²) < 4.78 is 5.48. The number of hydrogen-bond acceptors (Lipinski definition) is 4. The van der Waals surface area contributed by atoms with E-state index >= 15 is 0 Å². The Morgan fingerprint density at radius 1 is 1.28 bits per heavy atom. The number of aryl methyl sites for hydroxylation is 2. The van der Waals surface area contributed by atoms with Crippen molar-refractivity contribution in [3.05, 3.63) is 35.7 Å². The van der Waals surface area contributed by atoms with Crippen LogP contribution < -0.4 is 5.32 Å². The van der Waals surface area contributed by atoms with Gasteiger partial charge in [-0.25, -0.2) is 9.78 Å². The van der Waals surface area contributed by atoms with E-state index in [1.807, 2.05) is 32.0 Å². The number of urea groups is 1. The molecular weight excluding hydrogens is 318 g/mol. The van der Waals surface area contributed by atoms with E-state index in [1.165, 1.54) is 0 Å². The van der Waals surface area contributed by atoms with Gasteiger partial charge in [0, 0.05) is 30.9 Å². The third-order valence-corrected chi connectivity index (χ3v) is 3.99. The van der Waals surface area contributed by atoms with E-state index in [9.17, 15) is 4.79 Å².